The number of nitrogens with one attached hydrogen (secondary N) is 1. The lowest BCUT2D eigenvalue weighted by Gasteiger charge is -2.14. The number of amides is 1. The van der Waals surface area contributed by atoms with Gasteiger partial charge in [0.15, 0.2) is 11.0 Å². The van der Waals surface area contributed by atoms with Crippen molar-refractivity contribution in [3.05, 3.63) is 5.15 Å². The zero-order valence-corrected chi connectivity index (χ0v) is 9.52. The Labute approximate surface area is 91.4 Å². The van der Waals surface area contributed by atoms with E-state index in [2.05, 4.69) is 14.1 Å². The van der Waals surface area contributed by atoms with Gasteiger partial charge in [-0.05, 0) is 0 Å². The summed E-state index contributed by atoms with van der Waals surface area (Å²) in [4.78, 5) is 12.8. The van der Waals surface area contributed by atoms with E-state index in [-0.39, 0.29) is 5.91 Å². The molecule has 5 nitrogen and oxygen atoms in total. The number of carbonyl (C=O) groups excluding carboxylic acids is 1. The standard InChI is InChI=1S/C7H11ClN4OS/c1-9-5(13)3-4-12(2)7-6(8)10-14-11-7/h3-4H2,1-2H3,(H,9,13). The van der Waals surface area contributed by atoms with E-state index >= 15 is 0 Å². The quantitative estimate of drug-likeness (QED) is 0.836. The second kappa shape index (κ2) is 5.11. The van der Waals surface area contributed by atoms with Gasteiger partial charge in [-0.3, -0.25) is 4.79 Å². The maximum atomic E-state index is 11.0. The van der Waals surface area contributed by atoms with Crippen LogP contribution in [0.5, 0.6) is 0 Å². The van der Waals surface area contributed by atoms with Gasteiger partial charge in [0, 0.05) is 27.1 Å². The second-order valence-electron chi connectivity index (χ2n) is 2.72. The lowest BCUT2D eigenvalue weighted by atomic mass is 10.4. The first-order valence-corrected chi connectivity index (χ1v) is 5.15. The summed E-state index contributed by atoms with van der Waals surface area (Å²) >= 11 is 6.84. The van der Waals surface area contributed by atoms with Crippen molar-refractivity contribution in [1.29, 1.82) is 0 Å². The molecule has 0 spiro atoms. The highest BCUT2D eigenvalue weighted by Gasteiger charge is 2.11. The van der Waals surface area contributed by atoms with E-state index in [1.165, 1.54) is 0 Å². The Bertz CT molecular complexity index is 316. The van der Waals surface area contributed by atoms with Gasteiger partial charge in [-0.2, -0.15) is 8.75 Å². The van der Waals surface area contributed by atoms with Crippen LogP contribution in [0, 0.1) is 0 Å². The van der Waals surface area contributed by atoms with E-state index in [1.54, 1.807) is 11.9 Å². The summed E-state index contributed by atoms with van der Waals surface area (Å²) in [5.41, 5.74) is 0. The van der Waals surface area contributed by atoms with Crippen LogP contribution in [0.15, 0.2) is 0 Å². The van der Waals surface area contributed by atoms with Crippen LogP contribution in [0.1, 0.15) is 6.42 Å². The average Bonchev–Trinajstić information content (AvgIpc) is 2.60. The van der Waals surface area contributed by atoms with Crippen molar-refractivity contribution in [2.45, 2.75) is 6.42 Å². The summed E-state index contributed by atoms with van der Waals surface area (Å²) in [6.07, 6.45) is 0.418. The molecule has 1 aromatic rings. The summed E-state index contributed by atoms with van der Waals surface area (Å²) < 4.78 is 7.85. The van der Waals surface area contributed by atoms with Gasteiger partial charge in [-0.25, -0.2) is 0 Å². The zero-order chi connectivity index (χ0) is 10.6. The molecule has 0 fully saturated rings. The first kappa shape index (κ1) is 11.2. The van der Waals surface area contributed by atoms with Crippen molar-refractivity contribution in [3.63, 3.8) is 0 Å². The molecule has 0 aliphatic rings. The molecule has 1 amide bonds. The Hall–Kier alpha value is -0.880. The highest BCUT2D eigenvalue weighted by atomic mass is 35.5. The van der Waals surface area contributed by atoms with Gasteiger partial charge >= 0.3 is 0 Å². The molecule has 78 valence electrons. The van der Waals surface area contributed by atoms with Gasteiger partial charge in [0.2, 0.25) is 5.91 Å². The summed E-state index contributed by atoms with van der Waals surface area (Å²) in [6, 6.07) is 0. The number of carbonyl (C=O) groups is 1. The predicted molar refractivity (Wildman–Crippen MR) is 56.9 cm³/mol. The summed E-state index contributed by atoms with van der Waals surface area (Å²) in [7, 11) is 3.44. The number of nitrogens with zero attached hydrogens (tertiary/aromatic N) is 3. The van der Waals surface area contributed by atoms with Gasteiger partial charge in [-0.1, -0.05) is 11.6 Å². The van der Waals surface area contributed by atoms with Gasteiger partial charge < -0.3 is 10.2 Å². The molecule has 0 unspecified atom stereocenters. The number of anilines is 1. The number of aromatic nitrogens is 2. The van der Waals surface area contributed by atoms with Crippen molar-refractivity contribution < 1.29 is 4.79 Å². The number of hydrogen-bond donors (Lipinski definition) is 1. The Morgan fingerprint density at radius 3 is 2.86 bits per heavy atom. The highest BCUT2D eigenvalue weighted by molar-refractivity contribution is 6.99. The van der Waals surface area contributed by atoms with Crippen LogP contribution in [-0.2, 0) is 4.79 Å². The van der Waals surface area contributed by atoms with Crippen molar-refractivity contribution in [3.8, 4) is 0 Å². The summed E-state index contributed by atoms with van der Waals surface area (Å²) in [5.74, 6) is 0.622. The first-order chi connectivity index (χ1) is 6.65. The third-order valence-electron chi connectivity index (χ3n) is 1.75. The molecule has 1 rings (SSSR count). The first-order valence-electron chi connectivity index (χ1n) is 4.05. The van der Waals surface area contributed by atoms with E-state index in [9.17, 15) is 4.79 Å². The van der Waals surface area contributed by atoms with Crippen LogP contribution >= 0.6 is 23.3 Å². The molecule has 14 heavy (non-hydrogen) atoms. The van der Waals surface area contributed by atoms with Crippen LogP contribution < -0.4 is 10.2 Å². The average molecular weight is 235 g/mol. The SMILES string of the molecule is CNC(=O)CCN(C)c1nsnc1Cl. The monoisotopic (exact) mass is 234 g/mol. The fourth-order valence-corrected chi connectivity index (χ4v) is 1.73. The van der Waals surface area contributed by atoms with Crippen LogP contribution in [0.2, 0.25) is 5.15 Å². The molecule has 0 aliphatic heterocycles. The van der Waals surface area contributed by atoms with E-state index in [4.69, 9.17) is 11.6 Å². The third-order valence-corrected chi connectivity index (χ3v) is 2.62. The molecule has 7 heteroatoms. The number of halogens is 1. The molecule has 1 N–H and O–H groups in total. The molecular weight excluding hydrogens is 224 g/mol. The molecule has 0 atom stereocenters. The van der Waals surface area contributed by atoms with E-state index in [0.717, 1.165) is 11.7 Å². The summed E-state index contributed by atoms with van der Waals surface area (Å²) in [6.45, 7) is 0.574. The second-order valence-corrected chi connectivity index (χ2v) is 3.61. The lowest BCUT2D eigenvalue weighted by Crippen LogP contribution is -2.26. The van der Waals surface area contributed by atoms with Gasteiger partial charge in [0.25, 0.3) is 0 Å². The topological polar surface area (TPSA) is 58.1 Å². The zero-order valence-electron chi connectivity index (χ0n) is 7.95. The van der Waals surface area contributed by atoms with E-state index in [0.29, 0.717) is 23.9 Å². The molecule has 1 aromatic heterocycles. The smallest absolute Gasteiger partial charge is 0.221 e. The summed E-state index contributed by atoms with van der Waals surface area (Å²) in [5, 5.41) is 2.93. The molecule has 1 heterocycles. The van der Waals surface area contributed by atoms with Gasteiger partial charge in [-0.15, -0.1) is 0 Å². The Morgan fingerprint density at radius 2 is 2.36 bits per heavy atom. The van der Waals surface area contributed by atoms with Crippen molar-refractivity contribution in [2.24, 2.45) is 0 Å². The van der Waals surface area contributed by atoms with Crippen LogP contribution in [0.3, 0.4) is 0 Å². The predicted octanol–water partition coefficient (Wildman–Crippen LogP) is 0.764. The molecule has 0 saturated carbocycles. The fourth-order valence-electron chi connectivity index (χ4n) is 0.901. The third kappa shape index (κ3) is 2.81. The molecule has 0 saturated heterocycles. The minimum Gasteiger partial charge on any atom is -0.359 e. The maximum Gasteiger partial charge on any atom is 0.221 e. The lowest BCUT2D eigenvalue weighted by molar-refractivity contribution is -0.120. The largest absolute Gasteiger partial charge is 0.359 e. The maximum absolute atomic E-state index is 11.0. The van der Waals surface area contributed by atoms with Crippen LogP contribution in [-0.4, -0.2) is 35.3 Å². The highest BCUT2D eigenvalue weighted by Crippen LogP contribution is 2.21. The van der Waals surface area contributed by atoms with Crippen LogP contribution in [0.4, 0.5) is 5.82 Å². The molecular formula is C7H11ClN4OS. The normalized spacial score (nSPS) is 9.93. The molecule has 0 aromatic carbocycles. The Kier molecular flexibility index (Phi) is 4.09. The Morgan fingerprint density at radius 1 is 1.64 bits per heavy atom. The molecule has 0 bridgehead atoms. The Balaban J connectivity index is 2.47. The van der Waals surface area contributed by atoms with Gasteiger partial charge in [0.1, 0.15) is 0 Å². The number of hydrogen-bond acceptors (Lipinski definition) is 5. The van der Waals surface area contributed by atoms with Crippen molar-refractivity contribution in [2.75, 3.05) is 25.5 Å². The van der Waals surface area contributed by atoms with E-state index in [1.807, 2.05) is 7.05 Å². The minimum atomic E-state index is -0.00355. The fraction of sp³-hybridized carbons (Fsp3) is 0.571. The minimum absolute atomic E-state index is 0.00355. The van der Waals surface area contributed by atoms with Crippen LogP contribution in [0.25, 0.3) is 0 Å². The number of rotatable bonds is 4. The van der Waals surface area contributed by atoms with E-state index < -0.39 is 0 Å². The molecule has 0 aliphatic carbocycles. The van der Waals surface area contributed by atoms with Gasteiger partial charge in [0.05, 0.1) is 11.7 Å². The van der Waals surface area contributed by atoms with Crippen molar-refractivity contribution in [1.82, 2.24) is 14.1 Å². The molecule has 0 radical (unpaired) electrons. The van der Waals surface area contributed by atoms with Crippen molar-refractivity contribution >= 4 is 35.1 Å².